The summed E-state index contributed by atoms with van der Waals surface area (Å²) in [6.45, 7) is 6.48. The summed E-state index contributed by atoms with van der Waals surface area (Å²) in [4.78, 5) is 8.42. The summed E-state index contributed by atoms with van der Waals surface area (Å²) in [5, 5.41) is 10.7. The van der Waals surface area contributed by atoms with E-state index in [1.165, 1.54) is 0 Å². The smallest absolute Gasteiger partial charge is 0.229 e. The van der Waals surface area contributed by atoms with Crippen molar-refractivity contribution >= 4 is 18.8 Å². The minimum absolute atomic E-state index is 0.441. The van der Waals surface area contributed by atoms with Crippen LogP contribution in [0.4, 0.5) is 0 Å². The molecule has 2 rings (SSSR count). The Morgan fingerprint density at radius 1 is 1.27 bits per heavy atom. The zero-order valence-corrected chi connectivity index (χ0v) is 14.1. The highest BCUT2D eigenvalue weighted by Crippen LogP contribution is 2.29. The second-order valence-corrected chi connectivity index (χ2v) is 10.7. The summed E-state index contributed by atoms with van der Waals surface area (Å²) in [6.07, 6.45) is 4.96. The fourth-order valence-corrected chi connectivity index (χ4v) is 2.51. The van der Waals surface area contributed by atoms with Gasteiger partial charge in [0.2, 0.25) is 5.88 Å². The first-order chi connectivity index (χ1) is 10.4. The van der Waals surface area contributed by atoms with Crippen molar-refractivity contribution in [2.75, 3.05) is 7.11 Å². The van der Waals surface area contributed by atoms with Crippen LogP contribution in [0.3, 0.4) is 0 Å². The van der Waals surface area contributed by atoms with E-state index in [1.54, 1.807) is 25.7 Å². The lowest BCUT2D eigenvalue weighted by Gasteiger charge is -2.12. The monoisotopic (exact) mass is 310 g/mol. The molecule has 0 spiro atoms. The Morgan fingerprint density at radius 2 is 2.00 bits per heavy atom. The van der Waals surface area contributed by atoms with Crippen LogP contribution in [0.5, 0.6) is 5.88 Å². The van der Waals surface area contributed by atoms with E-state index < -0.39 is 14.1 Å². The molecular weight excluding hydrogens is 292 g/mol. The molecule has 2 N–H and O–H groups in total. The molecule has 5 nitrogen and oxygen atoms in total. The minimum Gasteiger partial charge on any atom is -0.480 e. The summed E-state index contributed by atoms with van der Waals surface area (Å²) < 4.78 is 5.34. The predicted molar refractivity (Wildman–Crippen MR) is 88.9 cm³/mol. The highest BCUT2D eigenvalue weighted by Gasteiger charge is 2.17. The molecule has 2 aromatic heterocycles. The van der Waals surface area contributed by atoms with Crippen LogP contribution in [-0.4, -0.2) is 25.2 Å². The van der Waals surface area contributed by atoms with E-state index in [1.807, 2.05) is 6.07 Å². The van der Waals surface area contributed by atoms with E-state index in [0.717, 1.165) is 10.8 Å². The molecule has 0 aliphatic carbocycles. The number of pyridine rings is 2. The SMILES string of the molecule is COc1ncc2cncc(C(N)C#N)c2c1C#C[Si](C)(C)C. The Balaban J connectivity index is 2.85. The van der Waals surface area contributed by atoms with E-state index in [9.17, 15) is 0 Å². The van der Waals surface area contributed by atoms with Crippen molar-refractivity contribution < 1.29 is 4.74 Å². The van der Waals surface area contributed by atoms with Gasteiger partial charge in [-0.25, -0.2) is 4.98 Å². The standard InChI is InChI=1S/C16H18N4OSi/c1-21-16-12(5-6-22(2,3)4)15-11(9-20-16)8-19-10-13(15)14(18)7-17/h8-10,14H,18H2,1-4H3. The van der Waals surface area contributed by atoms with Crippen molar-refractivity contribution in [3.8, 4) is 23.4 Å². The lowest BCUT2D eigenvalue weighted by Crippen LogP contribution is -2.16. The van der Waals surface area contributed by atoms with Crippen molar-refractivity contribution in [1.82, 2.24) is 9.97 Å². The van der Waals surface area contributed by atoms with Gasteiger partial charge in [-0.05, 0) is 0 Å². The van der Waals surface area contributed by atoms with Crippen LogP contribution in [-0.2, 0) is 0 Å². The third-order valence-electron chi connectivity index (χ3n) is 3.02. The number of methoxy groups -OCH3 is 1. The van der Waals surface area contributed by atoms with Crippen LogP contribution < -0.4 is 10.5 Å². The van der Waals surface area contributed by atoms with Gasteiger partial charge in [0, 0.05) is 34.9 Å². The molecule has 22 heavy (non-hydrogen) atoms. The largest absolute Gasteiger partial charge is 0.480 e. The Kier molecular flexibility index (Phi) is 4.46. The first-order valence-electron chi connectivity index (χ1n) is 6.86. The number of hydrogen-bond acceptors (Lipinski definition) is 5. The lowest BCUT2D eigenvalue weighted by molar-refractivity contribution is 0.397. The summed E-state index contributed by atoms with van der Waals surface area (Å²) in [6, 6.07) is 1.28. The summed E-state index contributed by atoms with van der Waals surface area (Å²) in [5.74, 6) is 3.64. The molecule has 1 unspecified atom stereocenters. The van der Waals surface area contributed by atoms with Crippen molar-refractivity contribution in [2.24, 2.45) is 5.73 Å². The molecule has 0 bridgehead atoms. The Hall–Kier alpha value is -2.41. The van der Waals surface area contributed by atoms with Gasteiger partial charge in [0.25, 0.3) is 0 Å². The fourth-order valence-electron chi connectivity index (χ4n) is 2.01. The van der Waals surface area contributed by atoms with Crippen molar-refractivity contribution in [2.45, 2.75) is 25.7 Å². The van der Waals surface area contributed by atoms with E-state index in [4.69, 9.17) is 15.7 Å². The fraction of sp³-hybridized carbons (Fsp3) is 0.312. The molecule has 6 heteroatoms. The maximum absolute atomic E-state index is 9.15. The normalized spacial score (nSPS) is 12.2. The van der Waals surface area contributed by atoms with Crippen LogP contribution in [0.25, 0.3) is 10.8 Å². The van der Waals surface area contributed by atoms with Gasteiger partial charge >= 0.3 is 0 Å². The van der Waals surface area contributed by atoms with Crippen LogP contribution >= 0.6 is 0 Å². The summed E-state index contributed by atoms with van der Waals surface area (Å²) >= 11 is 0. The molecule has 0 aliphatic heterocycles. The summed E-state index contributed by atoms with van der Waals surface area (Å²) in [5.41, 5.74) is 10.5. The molecule has 0 radical (unpaired) electrons. The zero-order valence-electron chi connectivity index (χ0n) is 13.1. The number of ether oxygens (including phenoxy) is 1. The van der Waals surface area contributed by atoms with Gasteiger partial charge in [-0.2, -0.15) is 5.26 Å². The molecule has 0 saturated carbocycles. The average Bonchev–Trinajstić information content (AvgIpc) is 2.50. The van der Waals surface area contributed by atoms with Crippen LogP contribution in [0, 0.1) is 22.8 Å². The van der Waals surface area contributed by atoms with Crippen LogP contribution in [0.2, 0.25) is 19.6 Å². The van der Waals surface area contributed by atoms with Gasteiger partial charge in [0.1, 0.15) is 14.1 Å². The molecule has 0 aromatic carbocycles. The quantitative estimate of drug-likeness (QED) is 0.680. The van der Waals surface area contributed by atoms with E-state index in [-0.39, 0.29) is 0 Å². The maximum Gasteiger partial charge on any atom is 0.229 e. The lowest BCUT2D eigenvalue weighted by atomic mass is 10.00. The van der Waals surface area contributed by atoms with E-state index in [2.05, 4.69) is 41.1 Å². The Labute approximate surface area is 131 Å². The molecular formula is C16H18N4OSi. The number of rotatable bonds is 2. The van der Waals surface area contributed by atoms with Gasteiger partial charge in [-0.3, -0.25) is 4.98 Å². The molecule has 2 aromatic rings. The maximum atomic E-state index is 9.15. The third-order valence-corrected chi connectivity index (χ3v) is 3.89. The molecule has 1 atom stereocenters. The second-order valence-electron chi connectivity index (χ2n) is 5.94. The van der Waals surface area contributed by atoms with E-state index in [0.29, 0.717) is 17.0 Å². The third kappa shape index (κ3) is 3.25. The molecule has 0 fully saturated rings. The molecule has 0 saturated heterocycles. The van der Waals surface area contributed by atoms with Gasteiger partial charge in [-0.1, -0.05) is 25.6 Å². The highest BCUT2D eigenvalue weighted by atomic mass is 28.3. The molecule has 2 heterocycles. The van der Waals surface area contributed by atoms with Gasteiger partial charge in [0.15, 0.2) is 0 Å². The number of nitrogens with two attached hydrogens (primary N) is 1. The molecule has 0 aliphatic rings. The highest BCUT2D eigenvalue weighted by molar-refractivity contribution is 6.83. The van der Waals surface area contributed by atoms with Gasteiger partial charge in [-0.15, -0.1) is 5.54 Å². The van der Waals surface area contributed by atoms with Crippen molar-refractivity contribution in [1.29, 1.82) is 5.26 Å². The number of fused-ring (bicyclic) bond motifs is 1. The second kappa shape index (κ2) is 6.14. The first-order valence-corrected chi connectivity index (χ1v) is 10.4. The van der Waals surface area contributed by atoms with Gasteiger partial charge < -0.3 is 10.5 Å². The van der Waals surface area contributed by atoms with Gasteiger partial charge in [0.05, 0.1) is 18.7 Å². The van der Waals surface area contributed by atoms with Crippen molar-refractivity contribution in [3.05, 3.63) is 29.7 Å². The van der Waals surface area contributed by atoms with Crippen LogP contribution in [0.15, 0.2) is 18.6 Å². The topological polar surface area (TPSA) is 84.8 Å². The predicted octanol–water partition coefficient (Wildman–Crippen LogP) is 2.39. The van der Waals surface area contributed by atoms with Crippen molar-refractivity contribution in [3.63, 3.8) is 0 Å². The molecule has 0 amide bonds. The average molecular weight is 310 g/mol. The van der Waals surface area contributed by atoms with E-state index >= 15 is 0 Å². The number of nitriles is 1. The van der Waals surface area contributed by atoms with Crippen LogP contribution in [0.1, 0.15) is 17.2 Å². The number of aromatic nitrogens is 2. The minimum atomic E-state index is -1.57. The number of hydrogen-bond donors (Lipinski definition) is 1. The number of nitrogens with zero attached hydrogens (tertiary/aromatic N) is 3. The Morgan fingerprint density at radius 3 is 2.59 bits per heavy atom. The summed E-state index contributed by atoms with van der Waals surface area (Å²) in [7, 11) is -0.0177. The first kappa shape index (κ1) is 16.0. The Bertz CT molecular complexity index is 809. The zero-order chi connectivity index (χ0) is 16.3. The molecule has 112 valence electrons.